The van der Waals surface area contributed by atoms with Crippen molar-refractivity contribution in [2.24, 2.45) is 17.3 Å². The van der Waals surface area contributed by atoms with Crippen molar-refractivity contribution in [1.82, 2.24) is 5.32 Å². The molecule has 0 aliphatic carbocycles. The molecule has 0 radical (unpaired) electrons. The summed E-state index contributed by atoms with van der Waals surface area (Å²) in [5, 5.41) is 3.59. The average molecular weight is 227 g/mol. The molecule has 0 saturated heterocycles. The largest absolute Gasteiger partial charge is 0.314 e. The second-order valence-electron chi connectivity index (χ2n) is 6.84. The van der Waals surface area contributed by atoms with E-state index in [-0.39, 0.29) is 0 Å². The van der Waals surface area contributed by atoms with Crippen LogP contribution >= 0.6 is 0 Å². The number of hydrogen-bond acceptors (Lipinski definition) is 1. The van der Waals surface area contributed by atoms with Crippen molar-refractivity contribution in [3.63, 3.8) is 0 Å². The van der Waals surface area contributed by atoms with Gasteiger partial charge in [-0.1, -0.05) is 48.0 Å². The highest BCUT2D eigenvalue weighted by atomic mass is 14.9. The molecule has 98 valence electrons. The maximum absolute atomic E-state index is 3.59. The fourth-order valence-corrected chi connectivity index (χ4v) is 2.35. The Bertz CT molecular complexity index is 167. The van der Waals surface area contributed by atoms with Crippen molar-refractivity contribution in [3.8, 4) is 0 Å². The van der Waals surface area contributed by atoms with Crippen LogP contribution in [0.5, 0.6) is 0 Å². The minimum absolute atomic E-state index is 0.450. The molecule has 0 unspecified atom stereocenters. The topological polar surface area (TPSA) is 12.0 Å². The molecule has 0 aromatic heterocycles. The van der Waals surface area contributed by atoms with E-state index in [0.717, 1.165) is 18.4 Å². The van der Waals surface area contributed by atoms with Crippen molar-refractivity contribution in [2.75, 3.05) is 6.54 Å². The molecule has 0 amide bonds. The quantitative estimate of drug-likeness (QED) is 0.676. The summed E-state index contributed by atoms with van der Waals surface area (Å²) in [4.78, 5) is 0. The molecular weight excluding hydrogens is 194 g/mol. The highest BCUT2D eigenvalue weighted by molar-refractivity contribution is 4.77. The third-order valence-electron chi connectivity index (χ3n) is 3.22. The van der Waals surface area contributed by atoms with E-state index in [1.54, 1.807) is 0 Å². The zero-order valence-electron chi connectivity index (χ0n) is 12.6. The summed E-state index contributed by atoms with van der Waals surface area (Å²) in [7, 11) is 0. The van der Waals surface area contributed by atoms with Crippen LogP contribution in [0.2, 0.25) is 0 Å². The minimum atomic E-state index is 0.450. The molecular formula is C15H33N. The van der Waals surface area contributed by atoms with Crippen LogP contribution in [-0.4, -0.2) is 12.6 Å². The molecule has 0 saturated carbocycles. The first kappa shape index (κ1) is 16.0. The smallest absolute Gasteiger partial charge is 0.00670 e. The van der Waals surface area contributed by atoms with Crippen molar-refractivity contribution in [3.05, 3.63) is 0 Å². The van der Waals surface area contributed by atoms with Gasteiger partial charge in [0.25, 0.3) is 0 Å². The van der Waals surface area contributed by atoms with Crippen LogP contribution in [0.25, 0.3) is 0 Å². The van der Waals surface area contributed by atoms with Gasteiger partial charge in [-0.2, -0.15) is 0 Å². The summed E-state index contributed by atoms with van der Waals surface area (Å²) in [6.07, 6.45) is 4.05. The molecule has 0 aliphatic rings. The van der Waals surface area contributed by atoms with Gasteiger partial charge in [0.2, 0.25) is 0 Å². The van der Waals surface area contributed by atoms with Gasteiger partial charge < -0.3 is 5.32 Å². The fourth-order valence-electron chi connectivity index (χ4n) is 2.35. The zero-order chi connectivity index (χ0) is 12.8. The predicted molar refractivity (Wildman–Crippen MR) is 74.8 cm³/mol. The molecule has 1 nitrogen and oxygen atoms in total. The lowest BCUT2D eigenvalue weighted by molar-refractivity contribution is 0.227. The molecule has 16 heavy (non-hydrogen) atoms. The Morgan fingerprint density at radius 1 is 1.00 bits per heavy atom. The van der Waals surface area contributed by atoms with Gasteiger partial charge >= 0.3 is 0 Å². The first-order valence-electron chi connectivity index (χ1n) is 6.99. The Kier molecular flexibility index (Phi) is 7.30. The second kappa shape index (κ2) is 7.32. The maximum atomic E-state index is 3.59. The van der Waals surface area contributed by atoms with E-state index in [1.807, 2.05) is 0 Å². The maximum Gasteiger partial charge on any atom is 0.00670 e. The Morgan fingerprint density at radius 3 is 1.94 bits per heavy atom. The zero-order valence-corrected chi connectivity index (χ0v) is 12.6. The highest BCUT2D eigenvalue weighted by Crippen LogP contribution is 2.30. The number of rotatable bonds is 7. The second-order valence-corrected chi connectivity index (χ2v) is 6.84. The van der Waals surface area contributed by atoms with Gasteiger partial charge in [0.05, 0.1) is 0 Å². The Hall–Kier alpha value is -0.0400. The van der Waals surface area contributed by atoms with Crippen LogP contribution in [-0.2, 0) is 0 Å². The van der Waals surface area contributed by atoms with Crippen LogP contribution < -0.4 is 5.32 Å². The van der Waals surface area contributed by atoms with E-state index >= 15 is 0 Å². The molecule has 1 N–H and O–H groups in total. The highest BCUT2D eigenvalue weighted by Gasteiger charge is 2.23. The standard InChI is InChI=1S/C15H33N/c1-8-16-13(4)14(10-9-12(2)3)11-15(5,6)7/h12-14,16H,8-11H2,1-7H3/t13-,14-/m0/s1. The Labute approximate surface area is 103 Å². The first-order valence-corrected chi connectivity index (χ1v) is 6.99. The van der Waals surface area contributed by atoms with E-state index in [0.29, 0.717) is 11.5 Å². The van der Waals surface area contributed by atoms with Crippen LogP contribution in [0.4, 0.5) is 0 Å². The van der Waals surface area contributed by atoms with E-state index in [2.05, 4.69) is 53.8 Å². The molecule has 0 bridgehead atoms. The third kappa shape index (κ3) is 8.15. The lowest BCUT2D eigenvalue weighted by Gasteiger charge is -2.31. The summed E-state index contributed by atoms with van der Waals surface area (Å²) in [6.45, 7) is 17.4. The molecule has 1 heteroatoms. The van der Waals surface area contributed by atoms with Crippen LogP contribution in [0.15, 0.2) is 0 Å². The molecule has 0 rings (SSSR count). The van der Waals surface area contributed by atoms with Gasteiger partial charge in [-0.25, -0.2) is 0 Å². The number of hydrogen-bond donors (Lipinski definition) is 1. The SMILES string of the molecule is CCN[C@@H](C)[C@@H](CCC(C)C)CC(C)(C)C. The molecule has 0 aliphatic heterocycles. The van der Waals surface area contributed by atoms with Gasteiger partial charge in [0, 0.05) is 6.04 Å². The van der Waals surface area contributed by atoms with E-state index in [9.17, 15) is 0 Å². The molecule has 0 aromatic carbocycles. The third-order valence-corrected chi connectivity index (χ3v) is 3.22. The average Bonchev–Trinajstić information content (AvgIpc) is 2.10. The van der Waals surface area contributed by atoms with Gasteiger partial charge in [-0.15, -0.1) is 0 Å². The van der Waals surface area contributed by atoms with Crippen LogP contribution in [0.3, 0.4) is 0 Å². The van der Waals surface area contributed by atoms with Crippen molar-refractivity contribution >= 4 is 0 Å². The van der Waals surface area contributed by atoms with Gasteiger partial charge in [-0.3, -0.25) is 0 Å². The lowest BCUT2D eigenvalue weighted by atomic mass is 9.79. The van der Waals surface area contributed by atoms with E-state index in [1.165, 1.54) is 19.3 Å². The van der Waals surface area contributed by atoms with Crippen molar-refractivity contribution in [1.29, 1.82) is 0 Å². The van der Waals surface area contributed by atoms with Crippen LogP contribution in [0, 0.1) is 17.3 Å². The Balaban J connectivity index is 4.26. The summed E-state index contributed by atoms with van der Waals surface area (Å²) in [6, 6.07) is 0.656. The summed E-state index contributed by atoms with van der Waals surface area (Å²) in [5.74, 6) is 1.65. The monoisotopic (exact) mass is 227 g/mol. The lowest BCUT2D eigenvalue weighted by Crippen LogP contribution is -2.35. The first-order chi connectivity index (χ1) is 7.26. The van der Waals surface area contributed by atoms with Gasteiger partial charge in [0.15, 0.2) is 0 Å². The molecule has 0 fully saturated rings. The Morgan fingerprint density at radius 2 is 1.56 bits per heavy atom. The molecule has 2 atom stereocenters. The summed E-state index contributed by atoms with van der Waals surface area (Å²) in [5.41, 5.74) is 0.450. The normalized spacial score (nSPS) is 16.5. The van der Waals surface area contributed by atoms with Crippen LogP contribution in [0.1, 0.15) is 67.7 Å². The van der Waals surface area contributed by atoms with Gasteiger partial charge in [0.1, 0.15) is 0 Å². The fraction of sp³-hybridized carbons (Fsp3) is 1.00. The molecule has 0 aromatic rings. The molecule has 0 heterocycles. The van der Waals surface area contributed by atoms with Crippen molar-refractivity contribution < 1.29 is 0 Å². The summed E-state index contributed by atoms with van der Waals surface area (Å²) >= 11 is 0. The predicted octanol–water partition coefficient (Wildman–Crippen LogP) is 4.47. The van der Waals surface area contributed by atoms with Gasteiger partial charge in [-0.05, 0) is 43.6 Å². The van der Waals surface area contributed by atoms with E-state index < -0.39 is 0 Å². The van der Waals surface area contributed by atoms with Crippen molar-refractivity contribution in [2.45, 2.75) is 73.8 Å². The number of nitrogens with one attached hydrogen (secondary N) is 1. The summed E-state index contributed by atoms with van der Waals surface area (Å²) < 4.78 is 0. The minimum Gasteiger partial charge on any atom is -0.314 e. The molecule has 0 spiro atoms. The van der Waals surface area contributed by atoms with E-state index in [4.69, 9.17) is 0 Å².